The molecule has 0 aliphatic heterocycles. The lowest BCUT2D eigenvalue weighted by atomic mass is 10.0. The van der Waals surface area contributed by atoms with Crippen molar-refractivity contribution in [2.75, 3.05) is 0 Å². The third-order valence-electron chi connectivity index (χ3n) is 3.29. The third kappa shape index (κ3) is 2.28. The summed E-state index contributed by atoms with van der Waals surface area (Å²) in [5.74, 6) is -0.767. The lowest BCUT2D eigenvalue weighted by Gasteiger charge is -2.20. The second-order valence-corrected chi connectivity index (χ2v) is 6.42. The Hall–Kier alpha value is -1.91. The number of hydrogen-bond donors (Lipinski definition) is 1. The van der Waals surface area contributed by atoms with Crippen molar-refractivity contribution in [1.29, 1.82) is 0 Å². The Kier molecular flexibility index (Phi) is 3.32. The number of carbonyl (C=O) groups is 1. The highest BCUT2D eigenvalue weighted by Crippen LogP contribution is 2.28. The van der Waals surface area contributed by atoms with Crippen LogP contribution in [0.15, 0.2) is 6.07 Å². The van der Waals surface area contributed by atoms with Crippen LogP contribution >= 0.6 is 0 Å². The number of carboxylic acid groups (broad SMARTS) is 1. The first-order valence-corrected chi connectivity index (χ1v) is 6.77. The van der Waals surface area contributed by atoms with Gasteiger partial charge in [0.05, 0.1) is 22.2 Å². The van der Waals surface area contributed by atoms with Gasteiger partial charge in [-0.05, 0) is 39.7 Å². The Balaban J connectivity index is 2.92. The molecule has 2 aromatic heterocycles. The van der Waals surface area contributed by atoms with Crippen LogP contribution in [0.25, 0.3) is 11.0 Å². The van der Waals surface area contributed by atoms with Crippen LogP contribution in [0.2, 0.25) is 0 Å². The van der Waals surface area contributed by atoms with E-state index in [9.17, 15) is 9.90 Å². The number of aromatic carboxylic acids is 1. The van der Waals surface area contributed by atoms with Crippen LogP contribution in [-0.4, -0.2) is 25.8 Å². The SMILES string of the molecule is Cc1nn(C(C)(C)C)c2nc(C(C)C)cc(C(=O)O)c12. The van der Waals surface area contributed by atoms with E-state index in [0.717, 1.165) is 5.69 Å². The summed E-state index contributed by atoms with van der Waals surface area (Å²) < 4.78 is 1.82. The monoisotopic (exact) mass is 275 g/mol. The highest BCUT2D eigenvalue weighted by molar-refractivity contribution is 6.03. The van der Waals surface area contributed by atoms with Crippen molar-refractivity contribution in [3.8, 4) is 0 Å². The molecular weight excluding hydrogens is 254 g/mol. The number of rotatable bonds is 2. The van der Waals surface area contributed by atoms with E-state index in [1.807, 2.05) is 46.2 Å². The quantitative estimate of drug-likeness (QED) is 0.913. The lowest BCUT2D eigenvalue weighted by molar-refractivity contribution is 0.0698. The average molecular weight is 275 g/mol. The van der Waals surface area contributed by atoms with Gasteiger partial charge in [-0.3, -0.25) is 0 Å². The van der Waals surface area contributed by atoms with Gasteiger partial charge in [0.25, 0.3) is 0 Å². The topological polar surface area (TPSA) is 68.0 Å². The molecule has 0 spiro atoms. The Morgan fingerprint density at radius 3 is 2.40 bits per heavy atom. The zero-order valence-electron chi connectivity index (χ0n) is 12.9. The molecule has 2 heterocycles. The summed E-state index contributed by atoms with van der Waals surface area (Å²) in [6.07, 6.45) is 0. The molecule has 0 amide bonds. The first kappa shape index (κ1) is 14.5. The fourth-order valence-corrected chi connectivity index (χ4v) is 2.24. The number of nitrogens with zero attached hydrogens (tertiary/aromatic N) is 3. The second-order valence-electron chi connectivity index (χ2n) is 6.42. The van der Waals surface area contributed by atoms with Crippen molar-refractivity contribution in [1.82, 2.24) is 14.8 Å². The Bertz CT molecular complexity index is 678. The van der Waals surface area contributed by atoms with E-state index < -0.39 is 5.97 Å². The van der Waals surface area contributed by atoms with Gasteiger partial charge in [-0.2, -0.15) is 5.10 Å². The van der Waals surface area contributed by atoms with Crippen LogP contribution in [0.5, 0.6) is 0 Å². The average Bonchev–Trinajstić information content (AvgIpc) is 2.65. The van der Waals surface area contributed by atoms with Gasteiger partial charge in [-0.15, -0.1) is 0 Å². The molecule has 20 heavy (non-hydrogen) atoms. The zero-order chi connectivity index (χ0) is 15.2. The number of pyridine rings is 1. The van der Waals surface area contributed by atoms with Gasteiger partial charge in [0.15, 0.2) is 5.65 Å². The van der Waals surface area contributed by atoms with Gasteiger partial charge < -0.3 is 5.11 Å². The molecule has 0 fully saturated rings. The molecule has 0 aliphatic rings. The molecule has 5 heteroatoms. The predicted octanol–water partition coefficient (Wildman–Crippen LogP) is 3.32. The van der Waals surface area contributed by atoms with Crippen molar-refractivity contribution in [3.05, 3.63) is 23.0 Å². The maximum absolute atomic E-state index is 11.5. The minimum Gasteiger partial charge on any atom is -0.478 e. The normalized spacial score (nSPS) is 12.3. The molecule has 0 aliphatic carbocycles. The minimum absolute atomic E-state index is 0.168. The summed E-state index contributed by atoms with van der Waals surface area (Å²) in [5, 5.41) is 14.6. The third-order valence-corrected chi connectivity index (χ3v) is 3.29. The van der Waals surface area contributed by atoms with Crippen LogP contribution in [0.3, 0.4) is 0 Å². The lowest BCUT2D eigenvalue weighted by Crippen LogP contribution is -2.23. The van der Waals surface area contributed by atoms with Crippen LogP contribution in [0.1, 0.15) is 62.3 Å². The fourth-order valence-electron chi connectivity index (χ4n) is 2.24. The van der Waals surface area contributed by atoms with E-state index in [2.05, 4.69) is 10.1 Å². The largest absolute Gasteiger partial charge is 0.478 e. The predicted molar refractivity (Wildman–Crippen MR) is 78.3 cm³/mol. The molecular formula is C15H21N3O2. The van der Waals surface area contributed by atoms with Crippen LogP contribution in [-0.2, 0) is 5.54 Å². The van der Waals surface area contributed by atoms with E-state index in [0.29, 0.717) is 16.7 Å². The van der Waals surface area contributed by atoms with Crippen molar-refractivity contribution < 1.29 is 9.90 Å². The molecule has 0 aromatic carbocycles. The molecule has 0 unspecified atom stereocenters. The second kappa shape index (κ2) is 4.58. The van der Waals surface area contributed by atoms with Crippen LogP contribution < -0.4 is 0 Å². The van der Waals surface area contributed by atoms with E-state index in [4.69, 9.17) is 0 Å². The number of fused-ring (bicyclic) bond motifs is 1. The molecule has 0 saturated carbocycles. The van der Waals surface area contributed by atoms with Gasteiger partial charge in [0.2, 0.25) is 0 Å². The number of hydrogen-bond acceptors (Lipinski definition) is 3. The van der Waals surface area contributed by atoms with Gasteiger partial charge in [0, 0.05) is 5.69 Å². The highest BCUT2D eigenvalue weighted by atomic mass is 16.4. The van der Waals surface area contributed by atoms with Crippen molar-refractivity contribution in [3.63, 3.8) is 0 Å². The molecule has 0 bridgehead atoms. The zero-order valence-corrected chi connectivity index (χ0v) is 12.9. The van der Waals surface area contributed by atoms with E-state index in [1.165, 1.54) is 0 Å². The molecule has 108 valence electrons. The van der Waals surface area contributed by atoms with E-state index in [1.54, 1.807) is 6.07 Å². The standard InChI is InChI=1S/C15H21N3O2/c1-8(2)11-7-10(14(19)20)12-9(3)17-18(13(12)16-11)15(4,5)6/h7-8H,1-6H3,(H,19,20). The minimum atomic E-state index is -0.934. The van der Waals surface area contributed by atoms with Gasteiger partial charge in [-0.25, -0.2) is 14.5 Å². The maximum atomic E-state index is 11.5. The van der Waals surface area contributed by atoms with Crippen molar-refractivity contribution in [2.45, 2.75) is 53.0 Å². The first-order chi connectivity index (χ1) is 9.12. The fraction of sp³-hybridized carbons (Fsp3) is 0.533. The molecule has 0 saturated heterocycles. The smallest absolute Gasteiger partial charge is 0.336 e. The Morgan fingerprint density at radius 2 is 1.95 bits per heavy atom. The summed E-state index contributed by atoms with van der Waals surface area (Å²) in [6.45, 7) is 11.9. The summed E-state index contributed by atoms with van der Waals surface area (Å²) >= 11 is 0. The summed E-state index contributed by atoms with van der Waals surface area (Å²) in [4.78, 5) is 16.2. The van der Waals surface area contributed by atoms with E-state index in [-0.39, 0.29) is 17.0 Å². The van der Waals surface area contributed by atoms with Gasteiger partial charge in [0.1, 0.15) is 0 Å². The van der Waals surface area contributed by atoms with Crippen LogP contribution in [0.4, 0.5) is 0 Å². The molecule has 2 aromatic rings. The van der Waals surface area contributed by atoms with Crippen molar-refractivity contribution in [2.24, 2.45) is 0 Å². The highest BCUT2D eigenvalue weighted by Gasteiger charge is 2.24. The summed E-state index contributed by atoms with van der Waals surface area (Å²) in [6, 6.07) is 1.66. The summed E-state index contributed by atoms with van der Waals surface area (Å²) in [5.41, 5.74) is 2.17. The number of aryl methyl sites for hydroxylation is 1. The Labute approximate surface area is 118 Å². The van der Waals surface area contributed by atoms with Crippen LogP contribution in [0, 0.1) is 6.92 Å². The summed E-state index contributed by atoms with van der Waals surface area (Å²) in [7, 11) is 0. The number of aromatic nitrogens is 3. The first-order valence-electron chi connectivity index (χ1n) is 6.77. The van der Waals surface area contributed by atoms with Gasteiger partial charge >= 0.3 is 5.97 Å². The molecule has 5 nitrogen and oxygen atoms in total. The Morgan fingerprint density at radius 1 is 1.35 bits per heavy atom. The van der Waals surface area contributed by atoms with E-state index >= 15 is 0 Å². The number of carboxylic acids is 1. The molecule has 1 N–H and O–H groups in total. The maximum Gasteiger partial charge on any atom is 0.336 e. The molecule has 2 rings (SSSR count). The van der Waals surface area contributed by atoms with Crippen molar-refractivity contribution >= 4 is 17.0 Å². The van der Waals surface area contributed by atoms with Gasteiger partial charge in [-0.1, -0.05) is 13.8 Å². The molecule has 0 radical (unpaired) electrons. The molecule has 0 atom stereocenters.